The maximum absolute atomic E-state index is 5.38. The van der Waals surface area contributed by atoms with E-state index in [1.165, 1.54) is 0 Å². The molecule has 0 bridgehead atoms. The van der Waals surface area contributed by atoms with Gasteiger partial charge in [0.15, 0.2) is 11.5 Å². The van der Waals surface area contributed by atoms with Crippen molar-refractivity contribution in [1.82, 2.24) is 15.0 Å². The maximum atomic E-state index is 5.38. The third kappa shape index (κ3) is 4.08. The Morgan fingerprint density at radius 2 is 1.67 bits per heavy atom. The molecule has 3 aromatic rings. The molecule has 2 heterocycles. The van der Waals surface area contributed by atoms with Crippen molar-refractivity contribution in [3.8, 4) is 28.5 Å². The van der Waals surface area contributed by atoms with Crippen LogP contribution in [0.1, 0.15) is 12.6 Å². The molecule has 0 aliphatic heterocycles. The van der Waals surface area contributed by atoms with Crippen molar-refractivity contribution in [3.05, 3.63) is 48.4 Å². The first kappa shape index (κ1) is 18.4. The van der Waals surface area contributed by atoms with Crippen molar-refractivity contribution in [3.63, 3.8) is 0 Å². The molecule has 0 amide bonds. The standard InChI is InChI=1S/C20H22N4O3/c1-5-14-7-6-13(12-22-14)16-8-9-21-20(24-16)23-15-10-17(25-2)19(27-4)18(11-15)26-3/h6-12H,5H2,1-4H3,(H,21,23,24). The van der Waals surface area contributed by atoms with Crippen LogP contribution in [-0.2, 0) is 6.42 Å². The monoisotopic (exact) mass is 366 g/mol. The number of hydrogen-bond acceptors (Lipinski definition) is 7. The van der Waals surface area contributed by atoms with Crippen LogP contribution in [0.3, 0.4) is 0 Å². The summed E-state index contributed by atoms with van der Waals surface area (Å²) < 4.78 is 16.1. The van der Waals surface area contributed by atoms with E-state index >= 15 is 0 Å². The smallest absolute Gasteiger partial charge is 0.227 e. The van der Waals surface area contributed by atoms with E-state index in [9.17, 15) is 0 Å². The van der Waals surface area contributed by atoms with Gasteiger partial charge in [-0.3, -0.25) is 4.98 Å². The fourth-order valence-electron chi connectivity index (χ4n) is 2.65. The molecule has 0 atom stereocenters. The Hall–Kier alpha value is -3.35. The summed E-state index contributed by atoms with van der Waals surface area (Å²) in [7, 11) is 4.72. The van der Waals surface area contributed by atoms with Crippen LogP contribution in [-0.4, -0.2) is 36.3 Å². The first-order valence-electron chi connectivity index (χ1n) is 8.53. The van der Waals surface area contributed by atoms with Crippen molar-refractivity contribution in [2.24, 2.45) is 0 Å². The van der Waals surface area contributed by atoms with E-state index in [2.05, 4.69) is 27.2 Å². The van der Waals surface area contributed by atoms with Crippen LogP contribution in [0, 0.1) is 0 Å². The summed E-state index contributed by atoms with van der Waals surface area (Å²) in [6, 6.07) is 9.47. The van der Waals surface area contributed by atoms with Gasteiger partial charge < -0.3 is 19.5 Å². The number of aromatic nitrogens is 3. The molecule has 1 N–H and O–H groups in total. The second-order valence-electron chi connectivity index (χ2n) is 5.70. The first-order valence-corrected chi connectivity index (χ1v) is 8.53. The zero-order chi connectivity index (χ0) is 19.2. The number of ether oxygens (including phenoxy) is 3. The lowest BCUT2D eigenvalue weighted by Gasteiger charge is -2.14. The van der Waals surface area contributed by atoms with E-state index in [-0.39, 0.29) is 0 Å². The van der Waals surface area contributed by atoms with Gasteiger partial charge in [-0.15, -0.1) is 0 Å². The minimum absolute atomic E-state index is 0.460. The fraction of sp³-hybridized carbons (Fsp3) is 0.250. The number of hydrogen-bond donors (Lipinski definition) is 1. The van der Waals surface area contributed by atoms with Gasteiger partial charge in [-0.05, 0) is 24.6 Å². The number of anilines is 2. The summed E-state index contributed by atoms with van der Waals surface area (Å²) in [5.74, 6) is 2.09. The third-order valence-electron chi connectivity index (χ3n) is 4.06. The van der Waals surface area contributed by atoms with Crippen LogP contribution < -0.4 is 19.5 Å². The van der Waals surface area contributed by atoms with Gasteiger partial charge in [0.2, 0.25) is 11.7 Å². The summed E-state index contributed by atoms with van der Waals surface area (Å²) >= 11 is 0. The molecule has 140 valence electrons. The van der Waals surface area contributed by atoms with Gasteiger partial charge >= 0.3 is 0 Å². The van der Waals surface area contributed by atoms with Crippen molar-refractivity contribution in [2.45, 2.75) is 13.3 Å². The number of nitrogens with zero attached hydrogens (tertiary/aromatic N) is 3. The summed E-state index contributed by atoms with van der Waals surface area (Å²) in [6.07, 6.45) is 4.43. The number of pyridine rings is 1. The van der Waals surface area contributed by atoms with Gasteiger partial charge in [0.25, 0.3) is 0 Å². The molecule has 7 nitrogen and oxygen atoms in total. The third-order valence-corrected chi connectivity index (χ3v) is 4.06. The van der Waals surface area contributed by atoms with Crippen molar-refractivity contribution < 1.29 is 14.2 Å². The molecule has 0 fully saturated rings. The maximum Gasteiger partial charge on any atom is 0.227 e. The van der Waals surface area contributed by atoms with E-state index in [0.717, 1.165) is 29.1 Å². The largest absolute Gasteiger partial charge is 0.493 e. The normalized spacial score (nSPS) is 10.4. The van der Waals surface area contributed by atoms with E-state index in [1.807, 2.05) is 24.4 Å². The number of nitrogens with one attached hydrogen (secondary N) is 1. The molecule has 1 aromatic carbocycles. The van der Waals surface area contributed by atoms with Crippen LogP contribution in [0.25, 0.3) is 11.3 Å². The van der Waals surface area contributed by atoms with E-state index in [4.69, 9.17) is 14.2 Å². The second-order valence-corrected chi connectivity index (χ2v) is 5.70. The summed E-state index contributed by atoms with van der Waals surface area (Å²) in [4.78, 5) is 13.3. The SMILES string of the molecule is CCc1ccc(-c2ccnc(Nc3cc(OC)c(OC)c(OC)c3)n2)cn1. The van der Waals surface area contributed by atoms with Crippen molar-refractivity contribution in [1.29, 1.82) is 0 Å². The van der Waals surface area contributed by atoms with Crippen LogP contribution in [0.5, 0.6) is 17.2 Å². The van der Waals surface area contributed by atoms with Gasteiger partial charge in [-0.1, -0.05) is 6.92 Å². The lowest BCUT2D eigenvalue weighted by Crippen LogP contribution is -2.01. The van der Waals surface area contributed by atoms with Crippen LogP contribution in [0.2, 0.25) is 0 Å². The minimum Gasteiger partial charge on any atom is -0.493 e. The quantitative estimate of drug-likeness (QED) is 0.680. The number of benzene rings is 1. The van der Waals surface area contributed by atoms with Gasteiger partial charge in [0, 0.05) is 41.5 Å². The number of rotatable bonds is 7. The predicted molar refractivity (Wildman–Crippen MR) is 104 cm³/mol. The summed E-state index contributed by atoms with van der Waals surface area (Å²) in [6.45, 7) is 2.08. The Labute approximate surface area is 158 Å². The molecule has 7 heteroatoms. The van der Waals surface area contributed by atoms with Gasteiger partial charge in [0.1, 0.15) is 0 Å². The molecular formula is C20H22N4O3. The molecule has 3 rings (SSSR count). The molecular weight excluding hydrogens is 344 g/mol. The molecule has 0 saturated carbocycles. The topological polar surface area (TPSA) is 78.4 Å². The molecule has 0 spiro atoms. The van der Waals surface area contributed by atoms with Gasteiger partial charge in [-0.2, -0.15) is 0 Å². The Kier molecular flexibility index (Phi) is 5.71. The van der Waals surface area contributed by atoms with Crippen LogP contribution >= 0.6 is 0 Å². The molecule has 0 unspecified atom stereocenters. The zero-order valence-electron chi connectivity index (χ0n) is 15.8. The lowest BCUT2D eigenvalue weighted by molar-refractivity contribution is 0.324. The molecule has 27 heavy (non-hydrogen) atoms. The lowest BCUT2D eigenvalue weighted by atomic mass is 10.2. The van der Waals surface area contributed by atoms with Crippen LogP contribution in [0.15, 0.2) is 42.7 Å². The average Bonchev–Trinajstić information content (AvgIpc) is 2.73. The molecule has 0 saturated heterocycles. The van der Waals surface area contributed by atoms with Gasteiger partial charge in [0.05, 0.1) is 27.0 Å². The van der Waals surface area contributed by atoms with Crippen molar-refractivity contribution >= 4 is 11.6 Å². The second kappa shape index (κ2) is 8.35. The number of aryl methyl sites for hydroxylation is 1. The predicted octanol–water partition coefficient (Wildman–Crippen LogP) is 3.87. The van der Waals surface area contributed by atoms with E-state index in [1.54, 1.807) is 39.7 Å². The molecule has 2 aromatic heterocycles. The Morgan fingerprint density at radius 3 is 2.22 bits per heavy atom. The molecule has 0 radical (unpaired) electrons. The Bertz CT molecular complexity index is 888. The van der Waals surface area contributed by atoms with E-state index in [0.29, 0.717) is 23.2 Å². The summed E-state index contributed by atoms with van der Waals surface area (Å²) in [5, 5.41) is 3.18. The highest BCUT2D eigenvalue weighted by molar-refractivity contribution is 5.67. The number of methoxy groups -OCH3 is 3. The van der Waals surface area contributed by atoms with Crippen LogP contribution in [0.4, 0.5) is 11.6 Å². The highest BCUT2D eigenvalue weighted by Gasteiger charge is 2.14. The van der Waals surface area contributed by atoms with E-state index < -0.39 is 0 Å². The highest BCUT2D eigenvalue weighted by atomic mass is 16.5. The minimum atomic E-state index is 0.460. The Morgan fingerprint density at radius 1 is 0.926 bits per heavy atom. The average molecular weight is 366 g/mol. The zero-order valence-corrected chi connectivity index (χ0v) is 15.8. The summed E-state index contributed by atoms with van der Waals surface area (Å²) in [5.41, 5.74) is 3.49. The molecule has 0 aliphatic carbocycles. The first-order chi connectivity index (χ1) is 13.2. The van der Waals surface area contributed by atoms with Crippen molar-refractivity contribution in [2.75, 3.05) is 26.6 Å². The van der Waals surface area contributed by atoms with Gasteiger partial charge in [-0.25, -0.2) is 9.97 Å². The highest BCUT2D eigenvalue weighted by Crippen LogP contribution is 2.40. The Balaban J connectivity index is 1.90. The fourth-order valence-corrected chi connectivity index (χ4v) is 2.65. The molecule has 0 aliphatic rings.